The lowest BCUT2D eigenvalue weighted by Crippen LogP contribution is -2.34. The molecule has 0 atom stereocenters. The maximum absolute atomic E-state index is 13.3. The average molecular weight is 538 g/mol. The first-order valence-corrected chi connectivity index (χ1v) is 13.0. The van der Waals surface area contributed by atoms with Crippen LogP contribution in [-0.4, -0.2) is 30.8 Å². The third-order valence-electron chi connectivity index (χ3n) is 6.54. The largest absolute Gasteiger partial charge is 0.489 e. The van der Waals surface area contributed by atoms with E-state index in [0.29, 0.717) is 37.8 Å². The number of benzene rings is 4. The van der Waals surface area contributed by atoms with Crippen molar-refractivity contribution in [1.29, 1.82) is 0 Å². The minimum Gasteiger partial charge on any atom is -0.489 e. The van der Waals surface area contributed by atoms with Gasteiger partial charge in [0.1, 0.15) is 36.3 Å². The summed E-state index contributed by atoms with van der Waals surface area (Å²) in [6, 6.07) is 27.6. The van der Waals surface area contributed by atoms with Gasteiger partial charge < -0.3 is 9.47 Å². The Kier molecular flexibility index (Phi) is 8.47. The SMILES string of the molecule is CN1C/C(=C\c2ccc(OCc3ccc(F)cc3)cc2)C(=O)/C(=C/c2ccc(OCc3ccc(F)cc3)cc2)C1. The molecule has 4 nitrogen and oxygen atoms in total. The molecule has 1 heterocycles. The minimum absolute atomic E-state index is 0.0337. The molecular formula is C34H29F2NO3. The Balaban J connectivity index is 1.21. The van der Waals surface area contributed by atoms with E-state index in [2.05, 4.69) is 4.90 Å². The topological polar surface area (TPSA) is 38.8 Å². The lowest BCUT2D eigenvalue weighted by Gasteiger charge is -2.26. The van der Waals surface area contributed by atoms with Crippen molar-refractivity contribution >= 4 is 17.9 Å². The van der Waals surface area contributed by atoms with E-state index >= 15 is 0 Å². The number of nitrogens with zero attached hydrogens (tertiary/aromatic N) is 1. The van der Waals surface area contributed by atoms with Gasteiger partial charge in [-0.2, -0.15) is 0 Å². The van der Waals surface area contributed by atoms with Crippen LogP contribution in [0.4, 0.5) is 8.78 Å². The Hall–Kier alpha value is -4.55. The van der Waals surface area contributed by atoms with Gasteiger partial charge in [-0.05, 0) is 90.0 Å². The Bertz CT molecular complexity index is 1390. The van der Waals surface area contributed by atoms with Crippen LogP contribution in [0.25, 0.3) is 12.2 Å². The molecule has 6 heteroatoms. The van der Waals surface area contributed by atoms with Gasteiger partial charge in [-0.1, -0.05) is 48.5 Å². The highest BCUT2D eigenvalue weighted by Crippen LogP contribution is 2.24. The number of carbonyl (C=O) groups is 1. The van der Waals surface area contributed by atoms with Crippen molar-refractivity contribution in [3.05, 3.63) is 142 Å². The number of ether oxygens (including phenoxy) is 2. The summed E-state index contributed by atoms with van der Waals surface area (Å²) < 4.78 is 37.8. The second-order valence-electron chi connectivity index (χ2n) is 9.81. The van der Waals surface area contributed by atoms with Crippen molar-refractivity contribution in [2.24, 2.45) is 0 Å². The molecule has 5 rings (SSSR count). The molecule has 0 radical (unpaired) electrons. The zero-order chi connectivity index (χ0) is 27.9. The van der Waals surface area contributed by atoms with E-state index in [9.17, 15) is 13.6 Å². The van der Waals surface area contributed by atoms with Gasteiger partial charge in [0.2, 0.25) is 0 Å². The summed E-state index contributed by atoms with van der Waals surface area (Å²) >= 11 is 0. The number of likely N-dealkylation sites (N-methyl/N-ethyl adjacent to an activating group) is 1. The summed E-state index contributed by atoms with van der Waals surface area (Å²) in [6.07, 6.45) is 3.84. The summed E-state index contributed by atoms with van der Waals surface area (Å²) in [6.45, 7) is 1.82. The minimum atomic E-state index is -0.274. The van der Waals surface area contributed by atoms with Gasteiger partial charge in [-0.25, -0.2) is 8.78 Å². The molecule has 4 aromatic carbocycles. The van der Waals surface area contributed by atoms with Crippen LogP contribution in [0.3, 0.4) is 0 Å². The summed E-state index contributed by atoms with van der Waals surface area (Å²) in [7, 11) is 1.99. The van der Waals surface area contributed by atoms with E-state index in [1.807, 2.05) is 67.7 Å². The van der Waals surface area contributed by atoms with Crippen LogP contribution in [0.5, 0.6) is 11.5 Å². The molecule has 0 N–H and O–H groups in total. The molecule has 0 spiro atoms. The predicted molar refractivity (Wildman–Crippen MR) is 153 cm³/mol. The second kappa shape index (κ2) is 12.5. The van der Waals surface area contributed by atoms with Gasteiger partial charge in [0.05, 0.1) is 0 Å². The molecule has 0 saturated carbocycles. The molecule has 1 fully saturated rings. The number of hydrogen-bond donors (Lipinski definition) is 0. The molecule has 0 bridgehead atoms. The number of piperidine rings is 1. The van der Waals surface area contributed by atoms with Crippen molar-refractivity contribution in [3.8, 4) is 11.5 Å². The molecule has 0 aromatic heterocycles. The van der Waals surface area contributed by atoms with Crippen LogP contribution in [0.1, 0.15) is 22.3 Å². The van der Waals surface area contributed by atoms with Gasteiger partial charge in [0.15, 0.2) is 5.78 Å². The molecule has 40 heavy (non-hydrogen) atoms. The Morgan fingerprint density at radius 1 is 0.625 bits per heavy atom. The first-order valence-electron chi connectivity index (χ1n) is 13.0. The van der Waals surface area contributed by atoms with Crippen LogP contribution in [0.15, 0.2) is 108 Å². The van der Waals surface area contributed by atoms with E-state index in [1.165, 1.54) is 24.3 Å². The predicted octanol–water partition coefficient (Wildman–Crippen LogP) is 7.10. The highest BCUT2D eigenvalue weighted by molar-refractivity contribution is 6.14. The van der Waals surface area contributed by atoms with Gasteiger partial charge in [-0.3, -0.25) is 9.69 Å². The highest BCUT2D eigenvalue weighted by Gasteiger charge is 2.24. The van der Waals surface area contributed by atoms with E-state index in [4.69, 9.17) is 9.47 Å². The molecule has 4 aromatic rings. The monoisotopic (exact) mass is 537 g/mol. The van der Waals surface area contributed by atoms with Gasteiger partial charge in [0, 0.05) is 24.2 Å². The third-order valence-corrected chi connectivity index (χ3v) is 6.54. The highest BCUT2D eigenvalue weighted by atomic mass is 19.1. The molecule has 1 saturated heterocycles. The molecule has 0 aliphatic carbocycles. The number of halogens is 2. The lowest BCUT2D eigenvalue weighted by molar-refractivity contribution is -0.113. The van der Waals surface area contributed by atoms with Crippen LogP contribution < -0.4 is 9.47 Å². The number of hydrogen-bond acceptors (Lipinski definition) is 4. The zero-order valence-electron chi connectivity index (χ0n) is 22.1. The summed E-state index contributed by atoms with van der Waals surface area (Å²) in [5, 5.41) is 0. The Morgan fingerprint density at radius 2 is 1.00 bits per heavy atom. The molecular weight excluding hydrogens is 508 g/mol. The van der Waals surface area contributed by atoms with E-state index in [1.54, 1.807) is 24.3 Å². The number of ketones is 1. The van der Waals surface area contributed by atoms with Crippen molar-refractivity contribution in [2.45, 2.75) is 13.2 Å². The fourth-order valence-electron chi connectivity index (χ4n) is 4.43. The van der Waals surface area contributed by atoms with Gasteiger partial charge in [0.25, 0.3) is 0 Å². The Labute approximate surface area is 232 Å². The van der Waals surface area contributed by atoms with Crippen LogP contribution in [-0.2, 0) is 18.0 Å². The van der Waals surface area contributed by atoms with Crippen LogP contribution in [0.2, 0.25) is 0 Å². The molecule has 202 valence electrons. The third kappa shape index (κ3) is 7.30. The number of rotatable bonds is 8. The maximum Gasteiger partial charge on any atom is 0.187 e. The lowest BCUT2D eigenvalue weighted by atomic mass is 9.94. The molecule has 1 aliphatic heterocycles. The number of likely N-dealkylation sites (tertiary alicyclic amines) is 1. The molecule has 0 amide bonds. The normalized spacial score (nSPS) is 15.9. The van der Waals surface area contributed by atoms with Crippen LogP contribution in [0, 0.1) is 11.6 Å². The quantitative estimate of drug-likeness (QED) is 0.225. The van der Waals surface area contributed by atoms with Crippen molar-refractivity contribution < 1.29 is 23.0 Å². The standard InChI is InChI=1S/C34H29F2NO3/c1-37-20-28(18-24-6-14-32(15-7-24)39-22-26-2-10-30(35)11-3-26)34(38)29(21-37)19-25-8-16-33(17-9-25)40-23-27-4-12-31(36)13-5-27/h2-19H,20-23H2,1H3/b28-18+,29-19+. The second-order valence-corrected chi connectivity index (χ2v) is 9.81. The van der Waals surface area contributed by atoms with Crippen LogP contribution >= 0.6 is 0 Å². The first kappa shape index (κ1) is 27.0. The Morgan fingerprint density at radius 3 is 1.38 bits per heavy atom. The maximum atomic E-state index is 13.3. The first-order chi connectivity index (χ1) is 19.4. The van der Waals surface area contributed by atoms with Crippen molar-refractivity contribution in [3.63, 3.8) is 0 Å². The fourth-order valence-corrected chi connectivity index (χ4v) is 4.43. The molecule has 0 unspecified atom stereocenters. The number of carbonyl (C=O) groups excluding carboxylic acids is 1. The number of Topliss-reactive ketones (excluding diaryl/α,β-unsaturated/α-hetero) is 1. The molecule has 1 aliphatic rings. The van der Waals surface area contributed by atoms with E-state index in [0.717, 1.165) is 33.4 Å². The smallest absolute Gasteiger partial charge is 0.187 e. The van der Waals surface area contributed by atoms with Crippen molar-refractivity contribution in [2.75, 3.05) is 20.1 Å². The van der Waals surface area contributed by atoms with Gasteiger partial charge in [-0.15, -0.1) is 0 Å². The van der Waals surface area contributed by atoms with E-state index in [-0.39, 0.29) is 17.4 Å². The summed E-state index contributed by atoms with van der Waals surface area (Å²) in [5.74, 6) is 0.883. The summed E-state index contributed by atoms with van der Waals surface area (Å²) in [5.41, 5.74) is 5.04. The summed E-state index contributed by atoms with van der Waals surface area (Å²) in [4.78, 5) is 15.4. The average Bonchev–Trinajstić information content (AvgIpc) is 2.96. The van der Waals surface area contributed by atoms with Crippen molar-refractivity contribution in [1.82, 2.24) is 4.90 Å². The zero-order valence-corrected chi connectivity index (χ0v) is 22.1. The fraction of sp³-hybridized carbons (Fsp3) is 0.147. The van der Waals surface area contributed by atoms with E-state index < -0.39 is 0 Å². The van der Waals surface area contributed by atoms with Gasteiger partial charge >= 0.3 is 0 Å².